The van der Waals surface area contributed by atoms with Crippen molar-refractivity contribution in [1.82, 2.24) is 9.88 Å². The quantitative estimate of drug-likeness (QED) is 0.528. The summed E-state index contributed by atoms with van der Waals surface area (Å²) in [5.41, 5.74) is 3.56. The standard InChI is InChI=1S/C27H30IN2O/c1-3-19-13-18-15-27(17(2)31)25-22(11-12-30(16-18)26(19)27)23-14-21(9-10-24(23)29-25)28-20-7-5-4-6-8-20/h4-10,14,18-19,26,29H,3,11-13,15-16H2,1-2H3/q-1. The molecule has 4 bridgehead atoms. The fraction of sp³-hybridized carbons (Fsp3) is 0.444. The number of benzene rings is 2. The number of piperidine rings is 2. The molecular weight excluding hydrogens is 495 g/mol. The molecule has 1 saturated carbocycles. The second-order valence-corrected chi connectivity index (χ2v) is 12.8. The van der Waals surface area contributed by atoms with E-state index in [1.54, 1.807) is 0 Å². The molecule has 5 atom stereocenters. The number of ketones is 1. The summed E-state index contributed by atoms with van der Waals surface area (Å²) in [5.74, 6) is 1.65. The molecule has 162 valence electrons. The number of halogens is 1. The van der Waals surface area contributed by atoms with E-state index < -0.39 is 0 Å². The summed E-state index contributed by atoms with van der Waals surface area (Å²) in [6.45, 7) is 6.45. The topological polar surface area (TPSA) is 36.1 Å². The summed E-state index contributed by atoms with van der Waals surface area (Å²) in [6, 6.07) is 18.2. The van der Waals surface area contributed by atoms with Gasteiger partial charge >= 0.3 is 195 Å². The Kier molecular flexibility index (Phi) is 4.80. The van der Waals surface area contributed by atoms with Crippen LogP contribution in [0.25, 0.3) is 10.9 Å². The molecular formula is C27H30IN2O-. The van der Waals surface area contributed by atoms with Crippen LogP contribution in [-0.4, -0.2) is 34.8 Å². The molecule has 1 N–H and O–H groups in total. The van der Waals surface area contributed by atoms with Crippen molar-refractivity contribution in [1.29, 1.82) is 0 Å². The third-order valence-corrected chi connectivity index (χ3v) is 10.8. The Bertz CT molecular complexity index is 1150. The van der Waals surface area contributed by atoms with E-state index in [1.807, 2.05) is 6.92 Å². The van der Waals surface area contributed by atoms with Gasteiger partial charge in [-0.05, 0) is 0 Å². The van der Waals surface area contributed by atoms with Crippen LogP contribution < -0.4 is 21.2 Å². The van der Waals surface area contributed by atoms with Gasteiger partial charge in [0, 0.05) is 0 Å². The Balaban J connectivity index is 1.50. The van der Waals surface area contributed by atoms with Gasteiger partial charge in [-0.1, -0.05) is 0 Å². The van der Waals surface area contributed by atoms with E-state index in [0.29, 0.717) is 23.7 Å². The maximum atomic E-state index is 13.4. The number of rotatable bonds is 4. The molecule has 4 heteroatoms. The van der Waals surface area contributed by atoms with Crippen LogP contribution in [0.1, 0.15) is 44.4 Å². The third-order valence-electron chi connectivity index (χ3n) is 8.15. The van der Waals surface area contributed by atoms with E-state index >= 15 is 0 Å². The fourth-order valence-electron chi connectivity index (χ4n) is 6.99. The Labute approximate surface area is 194 Å². The van der Waals surface area contributed by atoms with Gasteiger partial charge in [0.25, 0.3) is 0 Å². The Hall–Kier alpha value is -1.66. The van der Waals surface area contributed by atoms with Crippen LogP contribution in [0, 0.1) is 19.0 Å². The van der Waals surface area contributed by atoms with E-state index in [9.17, 15) is 4.79 Å². The van der Waals surface area contributed by atoms with Crippen molar-refractivity contribution >= 4 is 16.7 Å². The molecule has 3 aromatic rings. The molecule has 2 aromatic carbocycles. The molecule has 4 aliphatic rings. The fourth-order valence-corrected chi connectivity index (χ4v) is 9.31. The molecule has 1 aliphatic carbocycles. The number of aromatic nitrogens is 1. The maximum absolute atomic E-state index is 13.4. The van der Waals surface area contributed by atoms with Crippen molar-refractivity contribution in [3.8, 4) is 0 Å². The van der Waals surface area contributed by atoms with Gasteiger partial charge in [-0.3, -0.25) is 0 Å². The van der Waals surface area contributed by atoms with Gasteiger partial charge in [-0.15, -0.1) is 0 Å². The van der Waals surface area contributed by atoms with Crippen LogP contribution in [0.3, 0.4) is 0 Å². The van der Waals surface area contributed by atoms with Crippen molar-refractivity contribution in [2.75, 3.05) is 13.1 Å². The Morgan fingerprint density at radius 3 is 2.81 bits per heavy atom. The average molecular weight is 525 g/mol. The van der Waals surface area contributed by atoms with Crippen molar-refractivity contribution in [2.45, 2.75) is 51.0 Å². The first kappa shape index (κ1) is 20.0. The van der Waals surface area contributed by atoms with Gasteiger partial charge in [-0.25, -0.2) is 0 Å². The number of H-pyrrole nitrogens is 1. The normalized spacial score (nSPS) is 31.5. The molecule has 3 nitrogen and oxygen atoms in total. The Morgan fingerprint density at radius 1 is 1.19 bits per heavy atom. The number of hydrogen-bond donors (Lipinski definition) is 1. The number of fused-ring (bicyclic) bond motifs is 4. The summed E-state index contributed by atoms with van der Waals surface area (Å²) in [7, 11) is 0. The number of carbonyl (C=O) groups excluding carboxylic acids is 1. The average Bonchev–Trinajstić information content (AvgIpc) is 3.11. The molecule has 2 saturated heterocycles. The summed E-state index contributed by atoms with van der Waals surface area (Å²) in [5, 5.41) is 1.36. The molecule has 3 aliphatic heterocycles. The first-order chi connectivity index (χ1) is 15.1. The number of carbonyl (C=O) groups is 1. The number of hydrogen-bond acceptors (Lipinski definition) is 2. The van der Waals surface area contributed by atoms with Gasteiger partial charge in [0.15, 0.2) is 0 Å². The van der Waals surface area contributed by atoms with Crippen LogP contribution >= 0.6 is 0 Å². The molecule has 0 spiro atoms. The molecule has 31 heavy (non-hydrogen) atoms. The second-order valence-electron chi connectivity index (χ2n) is 9.75. The number of nitrogens with one attached hydrogen (secondary N) is 1. The monoisotopic (exact) mass is 525 g/mol. The van der Waals surface area contributed by atoms with Crippen LogP contribution in [0.2, 0.25) is 0 Å². The first-order valence-electron chi connectivity index (χ1n) is 11.7. The van der Waals surface area contributed by atoms with Gasteiger partial charge in [-0.2, -0.15) is 0 Å². The molecule has 4 heterocycles. The van der Waals surface area contributed by atoms with Crippen LogP contribution in [0.5, 0.6) is 0 Å². The van der Waals surface area contributed by atoms with Gasteiger partial charge in [0.05, 0.1) is 0 Å². The van der Waals surface area contributed by atoms with E-state index in [2.05, 4.69) is 65.3 Å². The Morgan fingerprint density at radius 2 is 2.03 bits per heavy atom. The predicted molar refractivity (Wildman–Crippen MR) is 120 cm³/mol. The van der Waals surface area contributed by atoms with Gasteiger partial charge < -0.3 is 0 Å². The number of nitrogens with zero attached hydrogens (tertiary/aromatic N) is 1. The van der Waals surface area contributed by atoms with Crippen LogP contribution in [0.15, 0.2) is 48.5 Å². The minimum absolute atomic E-state index is 0.192. The summed E-state index contributed by atoms with van der Waals surface area (Å²) < 4.78 is 2.91. The van der Waals surface area contributed by atoms with E-state index in [1.165, 1.54) is 48.7 Å². The minimum atomic E-state index is -0.346. The van der Waals surface area contributed by atoms with Crippen molar-refractivity contribution < 1.29 is 26.0 Å². The third kappa shape index (κ3) is 2.97. The van der Waals surface area contributed by atoms with Crippen molar-refractivity contribution in [2.24, 2.45) is 11.8 Å². The SMILES string of the molecule is CCC1CC2CN3CCc4c([nH]c5ccc([I-]c6ccccc6)cc45)C(C(C)=O)(C2)C13. The molecule has 0 amide bonds. The van der Waals surface area contributed by atoms with Gasteiger partial charge in [0.1, 0.15) is 0 Å². The zero-order valence-electron chi connectivity index (χ0n) is 18.3. The summed E-state index contributed by atoms with van der Waals surface area (Å²) >= 11 is -0.192. The second kappa shape index (κ2) is 7.45. The van der Waals surface area contributed by atoms with Gasteiger partial charge in [0.2, 0.25) is 0 Å². The first-order valence-corrected chi connectivity index (χ1v) is 13.9. The number of Topliss-reactive ketones (excluding diaryl/α,β-unsaturated/α-hetero) is 1. The number of aromatic amines is 1. The zero-order valence-corrected chi connectivity index (χ0v) is 20.5. The molecule has 0 radical (unpaired) electrons. The van der Waals surface area contributed by atoms with E-state index in [0.717, 1.165) is 19.4 Å². The van der Waals surface area contributed by atoms with E-state index in [-0.39, 0.29) is 26.6 Å². The summed E-state index contributed by atoms with van der Waals surface area (Å²) in [6.07, 6.45) is 4.56. The van der Waals surface area contributed by atoms with Crippen molar-refractivity contribution in [3.05, 3.63) is 66.9 Å². The van der Waals surface area contributed by atoms with E-state index in [4.69, 9.17) is 0 Å². The van der Waals surface area contributed by atoms with Crippen LogP contribution in [-0.2, 0) is 16.6 Å². The zero-order chi connectivity index (χ0) is 21.2. The molecule has 3 fully saturated rings. The molecule has 1 aromatic heterocycles. The van der Waals surface area contributed by atoms with Crippen molar-refractivity contribution in [3.63, 3.8) is 0 Å². The summed E-state index contributed by atoms with van der Waals surface area (Å²) in [4.78, 5) is 19.9. The predicted octanol–water partition coefficient (Wildman–Crippen LogP) is 1.80. The molecule has 5 unspecified atom stereocenters. The molecule has 7 rings (SSSR count). The van der Waals surface area contributed by atoms with Crippen LogP contribution in [0.4, 0.5) is 0 Å².